The minimum atomic E-state index is 0.772. The first-order valence-corrected chi connectivity index (χ1v) is 8.62. The average Bonchev–Trinajstić information content (AvgIpc) is 2.39. The minimum absolute atomic E-state index is 0.772. The number of nitrogens with zero attached hydrogens (tertiary/aromatic N) is 1. The van der Waals surface area contributed by atoms with Crippen molar-refractivity contribution in [3.8, 4) is 0 Å². The van der Waals surface area contributed by atoms with Crippen LogP contribution in [0.2, 0.25) is 0 Å². The third-order valence-electron chi connectivity index (χ3n) is 5.31. The fraction of sp³-hybridized carbons (Fsp3) is 1.00. The highest BCUT2D eigenvalue weighted by atomic mass is 15.1. The van der Waals surface area contributed by atoms with Crippen LogP contribution in [0.1, 0.15) is 59.3 Å². The van der Waals surface area contributed by atoms with Crippen molar-refractivity contribution in [3.05, 3.63) is 0 Å². The number of hydrogen-bond acceptors (Lipinski definition) is 2. The SMILES string of the molecule is CC1CCC(C(C)C)C(NCCN2CCCCC2)C1. The molecule has 3 atom stereocenters. The van der Waals surface area contributed by atoms with Gasteiger partial charge in [-0.25, -0.2) is 0 Å². The third kappa shape index (κ3) is 4.75. The Labute approximate surface area is 120 Å². The van der Waals surface area contributed by atoms with Crippen LogP contribution in [0.4, 0.5) is 0 Å². The second kappa shape index (κ2) is 7.64. The normalized spacial score (nSPS) is 33.8. The molecule has 2 fully saturated rings. The Balaban J connectivity index is 1.72. The fourth-order valence-corrected chi connectivity index (χ4v) is 4.03. The molecule has 0 aromatic carbocycles. The molecule has 1 aliphatic heterocycles. The van der Waals surface area contributed by atoms with Gasteiger partial charge in [0.25, 0.3) is 0 Å². The molecule has 2 heteroatoms. The van der Waals surface area contributed by atoms with Gasteiger partial charge in [-0.3, -0.25) is 0 Å². The molecule has 3 unspecified atom stereocenters. The van der Waals surface area contributed by atoms with Gasteiger partial charge in [0, 0.05) is 19.1 Å². The zero-order valence-corrected chi connectivity index (χ0v) is 13.3. The van der Waals surface area contributed by atoms with Crippen LogP contribution >= 0.6 is 0 Å². The molecule has 0 amide bonds. The first-order valence-electron chi connectivity index (χ1n) is 8.62. The molecule has 1 heterocycles. The van der Waals surface area contributed by atoms with Crippen LogP contribution in [-0.2, 0) is 0 Å². The van der Waals surface area contributed by atoms with E-state index < -0.39 is 0 Å². The number of hydrogen-bond donors (Lipinski definition) is 1. The largest absolute Gasteiger partial charge is 0.312 e. The van der Waals surface area contributed by atoms with E-state index in [0.29, 0.717) is 0 Å². The van der Waals surface area contributed by atoms with Gasteiger partial charge in [0.2, 0.25) is 0 Å². The van der Waals surface area contributed by atoms with E-state index in [0.717, 1.165) is 23.8 Å². The monoisotopic (exact) mass is 266 g/mol. The molecule has 2 rings (SSSR count). The Bertz CT molecular complexity index is 246. The van der Waals surface area contributed by atoms with E-state index in [4.69, 9.17) is 0 Å². The van der Waals surface area contributed by atoms with E-state index in [1.54, 1.807) is 0 Å². The Morgan fingerprint density at radius 2 is 1.84 bits per heavy atom. The Hall–Kier alpha value is -0.0800. The minimum Gasteiger partial charge on any atom is -0.312 e. The van der Waals surface area contributed by atoms with Crippen molar-refractivity contribution in [2.75, 3.05) is 26.2 Å². The number of rotatable bonds is 5. The predicted molar refractivity (Wildman–Crippen MR) is 83.4 cm³/mol. The van der Waals surface area contributed by atoms with Crippen molar-refractivity contribution >= 4 is 0 Å². The summed E-state index contributed by atoms with van der Waals surface area (Å²) in [6.45, 7) is 12.3. The molecular formula is C17H34N2. The molecule has 1 saturated carbocycles. The zero-order valence-electron chi connectivity index (χ0n) is 13.3. The second-order valence-electron chi connectivity index (χ2n) is 7.29. The molecule has 112 valence electrons. The van der Waals surface area contributed by atoms with Gasteiger partial charge in [-0.15, -0.1) is 0 Å². The maximum Gasteiger partial charge on any atom is 0.0107 e. The molecule has 2 aliphatic rings. The summed E-state index contributed by atoms with van der Waals surface area (Å²) in [4.78, 5) is 2.65. The van der Waals surface area contributed by atoms with Gasteiger partial charge in [-0.05, 0) is 56.5 Å². The van der Waals surface area contributed by atoms with E-state index in [2.05, 4.69) is 31.0 Å². The Morgan fingerprint density at radius 1 is 1.11 bits per heavy atom. The molecular weight excluding hydrogens is 232 g/mol. The smallest absolute Gasteiger partial charge is 0.0107 e. The van der Waals surface area contributed by atoms with E-state index in [1.165, 1.54) is 64.7 Å². The maximum atomic E-state index is 3.89. The molecule has 1 saturated heterocycles. The van der Waals surface area contributed by atoms with Crippen molar-refractivity contribution in [2.45, 2.75) is 65.3 Å². The van der Waals surface area contributed by atoms with Crippen LogP contribution in [0.5, 0.6) is 0 Å². The number of likely N-dealkylation sites (tertiary alicyclic amines) is 1. The first kappa shape index (κ1) is 15.3. The lowest BCUT2D eigenvalue weighted by Gasteiger charge is -2.38. The number of piperidine rings is 1. The molecule has 0 aromatic heterocycles. The van der Waals surface area contributed by atoms with Gasteiger partial charge in [0.05, 0.1) is 0 Å². The molecule has 0 bridgehead atoms. The summed E-state index contributed by atoms with van der Waals surface area (Å²) >= 11 is 0. The highest BCUT2D eigenvalue weighted by Crippen LogP contribution is 2.33. The number of nitrogens with one attached hydrogen (secondary N) is 1. The van der Waals surface area contributed by atoms with Crippen LogP contribution in [-0.4, -0.2) is 37.1 Å². The zero-order chi connectivity index (χ0) is 13.7. The van der Waals surface area contributed by atoms with Crippen LogP contribution in [0.3, 0.4) is 0 Å². The fourth-order valence-electron chi connectivity index (χ4n) is 4.03. The summed E-state index contributed by atoms with van der Waals surface area (Å²) in [5.41, 5.74) is 0. The Morgan fingerprint density at radius 3 is 2.53 bits per heavy atom. The quantitative estimate of drug-likeness (QED) is 0.819. The highest BCUT2D eigenvalue weighted by molar-refractivity contribution is 4.85. The summed E-state index contributed by atoms with van der Waals surface area (Å²) in [5.74, 6) is 2.65. The van der Waals surface area contributed by atoms with E-state index in [-0.39, 0.29) is 0 Å². The molecule has 1 N–H and O–H groups in total. The topological polar surface area (TPSA) is 15.3 Å². The average molecular weight is 266 g/mol. The lowest BCUT2D eigenvalue weighted by atomic mass is 9.74. The van der Waals surface area contributed by atoms with Crippen molar-refractivity contribution in [2.24, 2.45) is 17.8 Å². The van der Waals surface area contributed by atoms with Crippen molar-refractivity contribution < 1.29 is 0 Å². The van der Waals surface area contributed by atoms with Crippen molar-refractivity contribution in [3.63, 3.8) is 0 Å². The van der Waals surface area contributed by atoms with Gasteiger partial charge in [0.15, 0.2) is 0 Å². The summed E-state index contributed by atoms with van der Waals surface area (Å²) < 4.78 is 0. The molecule has 0 radical (unpaired) electrons. The van der Waals surface area contributed by atoms with Crippen LogP contribution < -0.4 is 5.32 Å². The standard InChI is InChI=1S/C17H34N2/c1-14(2)16-8-7-15(3)13-17(16)18-9-12-19-10-5-4-6-11-19/h14-18H,4-13H2,1-3H3. The highest BCUT2D eigenvalue weighted by Gasteiger charge is 2.30. The molecule has 19 heavy (non-hydrogen) atoms. The van der Waals surface area contributed by atoms with E-state index in [9.17, 15) is 0 Å². The van der Waals surface area contributed by atoms with E-state index >= 15 is 0 Å². The third-order valence-corrected chi connectivity index (χ3v) is 5.31. The predicted octanol–water partition coefficient (Wildman–Crippen LogP) is 3.52. The summed E-state index contributed by atoms with van der Waals surface area (Å²) in [5, 5.41) is 3.89. The summed E-state index contributed by atoms with van der Waals surface area (Å²) in [6, 6.07) is 0.772. The van der Waals surface area contributed by atoms with Crippen molar-refractivity contribution in [1.82, 2.24) is 10.2 Å². The summed E-state index contributed by atoms with van der Waals surface area (Å²) in [6.07, 6.45) is 8.53. The van der Waals surface area contributed by atoms with Gasteiger partial charge in [-0.1, -0.05) is 33.6 Å². The van der Waals surface area contributed by atoms with E-state index in [1.807, 2.05) is 0 Å². The second-order valence-corrected chi connectivity index (χ2v) is 7.29. The molecule has 0 spiro atoms. The molecule has 1 aliphatic carbocycles. The van der Waals surface area contributed by atoms with Crippen molar-refractivity contribution in [1.29, 1.82) is 0 Å². The van der Waals surface area contributed by atoms with Crippen LogP contribution in [0, 0.1) is 17.8 Å². The van der Waals surface area contributed by atoms with Gasteiger partial charge in [0.1, 0.15) is 0 Å². The van der Waals surface area contributed by atoms with Gasteiger partial charge in [-0.2, -0.15) is 0 Å². The van der Waals surface area contributed by atoms with Gasteiger partial charge < -0.3 is 10.2 Å². The van der Waals surface area contributed by atoms with Crippen LogP contribution in [0.15, 0.2) is 0 Å². The van der Waals surface area contributed by atoms with Gasteiger partial charge >= 0.3 is 0 Å². The maximum absolute atomic E-state index is 3.89. The lowest BCUT2D eigenvalue weighted by molar-refractivity contribution is 0.160. The van der Waals surface area contributed by atoms with Crippen LogP contribution in [0.25, 0.3) is 0 Å². The lowest BCUT2D eigenvalue weighted by Crippen LogP contribution is -2.46. The first-order chi connectivity index (χ1) is 9.16. The summed E-state index contributed by atoms with van der Waals surface area (Å²) in [7, 11) is 0. The molecule has 2 nitrogen and oxygen atoms in total. The Kier molecular flexibility index (Phi) is 6.15. The molecule has 0 aromatic rings.